The Hall–Kier alpha value is -2.56. The van der Waals surface area contributed by atoms with Gasteiger partial charge in [0, 0.05) is 23.6 Å². The van der Waals surface area contributed by atoms with Crippen LogP contribution in [0, 0.1) is 6.92 Å². The fourth-order valence-electron chi connectivity index (χ4n) is 2.67. The molecule has 1 aliphatic rings. The number of nitrogens with zero attached hydrogens (tertiary/aromatic N) is 1. The van der Waals surface area contributed by atoms with Crippen LogP contribution in [0.15, 0.2) is 36.9 Å². The molecule has 0 saturated heterocycles. The Morgan fingerprint density at radius 3 is 2.90 bits per heavy atom. The van der Waals surface area contributed by atoms with Gasteiger partial charge in [0.15, 0.2) is 5.82 Å². The van der Waals surface area contributed by atoms with Crippen molar-refractivity contribution in [3.63, 3.8) is 0 Å². The Morgan fingerprint density at radius 1 is 1.43 bits per heavy atom. The van der Waals surface area contributed by atoms with Gasteiger partial charge in [0.1, 0.15) is 12.4 Å². The first kappa shape index (κ1) is 13.4. The summed E-state index contributed by atoms with van der Waals surface area (Å²) in [6.45, 7) is 6.08. The summed E-state index contributed by atoms with van der Waals surface area (Å²) in [6.07, 6.45) is 2.14. The molecule has 0 unspecified atom stereocenters. The van der Waals surface area contributed by atoms with Crippen molar-refractivity contribution in [3.8, 4) is 5.75 Å². The number of fused-ring (bicyclic) bond motifs is 1. The number of anilines is 1. The molecule has 5 heteroatoms. The number of hydrogen-bond donors (Lipinski definition) is 2. The molecule has 0 radical (unpaired) electrons. The van der Waals surface area contributed by atoms with E-state index in [1.165, 1.54) is 0 Å². The van der Waals surface area contributed by atoms with Crippen molar-refractivity contribution >= 4 is 11.7 Å². The molecule has 2 heterocycles. The maximum absolute atomic E-state index is 11.8. The lowest BCUT2D eigenvalue weighted by molar-refractivity contribution is -0.116. The van der Waals surface area contributed by atoms with Crippen LogP contribution in [0.2, 0.25) is 0 Å². The first-order chi connectivity index (χ1) is 10.2. The Balaban J connectivity index is 1.91. The molecule has 1 aliphatic heterocycles. The Morgan fingerprint density at radius 2 is 2.19 bits per heavy atom. The molecule has 5 nitrogen and oxygen atoms in total. The van der Waals surface area contributed by atoms with Crippen molar-refractivity contribution in [2.75, 3.05) is 11.9 Å². The zero-order chi connectivity index (χ0) is 14.8. The predicted octanol–water partition coefficient (Wildman–Crippen LogP) is 2.76. The van der Waals surface area contributed by atoms with Crippen molar-refractivity contribution in [3.05, 3.63) is 53.7 Å². The van der Waals surface area contributed by atoms with Crippen LogP contribution in [0.1, 0.15) is 29.2 Å². The molecule has 1 atom stereocenters. The van der Waals surface area contributed by atoms with E-state index in [-0.39, 0.29) is 11.8 Å². The second-order valence-corrected chi connectivity index (χ2v) is 5.08. The van der Waals surface area contributed by atoms with Crippen LogP contribution in [-0.4, -0.2) is 22.7 Å². The normalized spacial score (nSPS) is 17.0. The van der Waals surface area contributed by atoms with Crippen LogP contribution < -0.4 is 10.1 Å². The van der Waals surface area contributed by atoms with E-state index < -0.39 is 0 Å². The maximum atomic E-state index is 11.8. The second kappa shape index (κ2) is 5.44. The topological polar surface area (TPSA) is 67.0 Å². The number of nitrogens with one attached hydrogen (secondary N) is 2. The van der Waals surface area contributed by atoms with Gasteiger partial charge in [-0.05, 0) is 24.6 Å². The lowest BCUT2D eigenvalue weighted by Gasteiger charge is -2.23. The van der Waals surface area contributed by atoms with Gasteiger partial charge in [0.25, 0.3) is 0 Å². The van der Waals surface area contributed by atoms with Gasteiger partial charge in [0.2, 0.25) is 5.91 Å². The minimum atomic E-state index is -0.00835. The van der Waals surface area contributed by atoms with Crippen LogP contribution in [-0.2, 0) is 4.79 Å². The summed E-state index contributed by atoms with van der Waals surface area (Å²) in [4.78, 5) is 11.8. The summed E-state index contributed by atoms with van der Waals surface area (Å²) >= 11 is 0. The average Bonchev–Trinajstić information content (AvgIpc) is 2.86. The van der Waals surface area contributed by atoms with Crippen LogP contribution in [0.4, 0.5) is 5.82 Å². The number of amides is 1. The molecule has 1 aromatic heterocycles. The maximum Gasteiger partial charge on any atom is 0.226 e. The third kappa shape index (κ3) is 2.54. The highest BCUT2D eigenvalue weighted by molar-refractivity contribution is 5.94. The van der Waals surface area contributed by atoms with Gasteiger partial charge >= 0.3 is 0 Å². The van der Waals surface area contributed by atoms with Crippen LogP contribution in [0.5, 0.6) is 5.75 Å². The Kier molecular flexibility index (Phi) is 3.48. The quantitative estimate of drug-likeness (QED) is 0.848. The van der Waals surface area contributed by atoms with Crippen LogP contribution in [0.25, 0.3) is 0 Å². The SMILES string of the molecule is C=CCOc1ccc([C@@H]2CC(=O)Nc3n[nH]c(C)c32)cc1. The Labute approximate surface area is 123 Å². The van der Waals surface area contributed by atoms with Crippen molar-refractivity contribution < 1.29 is 9.53 Å². The molecular weight excluding hydrogens is 266 g/mol. The third-order valence-corrected chi connectivity index (χ3v) is 3.64. The smallest absolute Gasteiger partial charge is 0.226 e. The van der Waals surface area contributed by atoms with E-state index in [4.69, 9.17) is 4.74 Å². The van der Waals surface area contributed by atoms with Gasteiger partial charge in [-0.15, -0.1) is 0 Å². The molecule has 3 rings (SSSR count). The van der Waals surface area contributed by atoms with E-state index in [1.807, 2.05) is 31.2 Å². The average molecular weight is 283 g/mol. The molecule has 1 aromatic carbocycles. The van der Waals surface area contributed by atoms with Gasteiger partial charge in [-0.25, -0.2) is 0 Å². The number of ether oxygens (including phenoxy) is 1. The molecule has 2 N–H and O–H groups in total. The number of aryl methyl sites for hydroxylation is 1. The monoisotopic (exact) mass is 283 g/mol. The number of aromatic nitrogens is 2. The fraction of sp³-hybridized carbons (Fsp3) is 0.250. The van der Waals surface area contributed by atoms with Crippen molar-refractivity contribution in [2.45, 2.75) is 19.3 Å². The first-order valence-corrected chi connectivity index (χ1v) is 6.87. The molecule has 21 heavy (non-hydrogen) atoms. The number of rotatable bonds is 4. The minimum absolute atomic E-state index is 0.00835. The van der Waals surface area contributed by atoms with Gasteiger partial charge in [-0.2, -0.15) is 5.10 Å². The number of benzene rings is 1. The number of hydrogen-bond acceptors (Lipinski definition) is 3. The van der Waals surface area contributed by atoms with Gasteiger partial charge < -0.3 is 10.1 Å². The van der Waals surface area contributed by atoms with Crippen LogP contribution in [0.3, 0.4) is 0 Å². The molecule has 0 fully saturated rings. The molecule has 0 saturated carbocycles. The molecular formula is C16H17N3O2. The first-order valence-electron chi connectivity index (χ1n) is 6.87. The highest BCUT2D eigenvalue weighted by Gasteiger charge is 2.30. The van der Waals surface area contributed by atoms with E-state index >= 15 is 0 Å². The highest BCUT2D eigenvalue weighted by atomic mass is 16.5. The summed E-state index contributed by atoms with van der Waals surface area (Å²) in [5.74, 6) is 1.45. The number of aromatic amines is 1. The molecule has 1 amide bonds. The zero-order valence-electron chi connectivity index (χ0n) is 11.8. The van der Waals surface area contributed by atoms with Gasteiger partial charge in [-0.1, -0.05) is 24.8 Å². The Bertz CT molecular complexity index is 673. The lowest BCUT2D eigenvalue weighted by atomic mass is 9.86. The predicted molar refractivity (Wildman–Crippen MR) is 80.5 cm³/mol. The summed E-state index contributed by atoms with van der Waals surface area (Å²) in [6, 6.07) is 7.83. The molecule has 0 bridgehead atoms. The molecule has 108 valence electrons. The molecule has 2 aromatic rings. The summed E-state index contributed by atoms with van der Waals surface area (Å²) in [7, 11) is 0. The van der Waals surface area contributed by atoms with E-state index in [0.29, 0.717) is 18.8 Å². The summed E-state index contributed by atoms with van der Waals surface area (Å²) in [5.41, 5.74) is 3.14. The van der Waals surface area contributed by atoms with Gasteiger partial charge in [0.05, 0.1) is 0 Å². The van der Waals surface area contributed by atoms with E-state index in [1.54, 1.807) is 6.08 Å². The largest absolute Gasteiger partial charge is 0.490 e. The van der Waals surface area contributed by atoms with Crippen molar-refractivity contribution in [2.24, 2.45) is 0 Å². The van der Waals surface area contributed by atoms with E-state index in [0.717, 1.165) is 22.6 Å². The van der Waals surface area contributed by atoms with E-state index in [9.17, 15) is 4.79 Å². The van der Waals surface area contributed by atoms with Crippen LogP contribution >= 0.6 is 0 Å². The number of carbonyl (C=O) groups is 1. The molecule has 0 spiro atoms. The van der Waals surface area contributed by atoms with Crippen molar-refractivity contribution in [1.29, 1.82) is 0 Å². The third-order valence-electron chi connectivity index (χ3n) is 3.64. The summed E-state index contributed by atoms with van der Waals surface area (Å²) < 4.78 is 5.48. The standard InChI is InChI=1S/C16H17N3O2/c1-3-8-21-12-6-4-11(5-7-12)13-9-14(20)17-16-15(13)10(2)18-19-16/h3-7,13H,1,8-9H2,2H3,(H2,17,18,19,20)/t13-/m0/s1. The number of carbonyl (C=O) groups excluding carboxylic acids is 1. The zero-order valence-corrected chi connectivity index (χ0v) is 11.8. The molecule has 0 aliphatic carbocycles. The highest BCUT2D eigenvalue weighted by Crippen LogP contribution is 2.38. The van der Waals surface area contributed by atoms with Crippen molar-refractivity contribution in [1.82, 2.24) is 10.2 Å². The van der Waals surface area contributed by atoms with Gasteiger partial charge in [-0.3, -0.25) is 9.89 Å². The second-order valence-electron chi connectivity index (χ2n) is 5.08. The number of H-pyrrole nitrogens is 1. The van der Waals surface area contributed by atoms with E-state index in [2.05, 4.69) is 22.1 Å². The minimum Gasteiger partial charge on any atom is -0.490 e. The lowest BCUT2D eigenvalue weighted by Crippen LogP contribution is -2.23. The fourth-order valence-corrected chi connectivity index (χ4v) is 2.67. The summed E-state index contributed by atoms with van der Waals surface area (Å²) in [5, 5.41) is 9.89.